The molecular weight excluding hydrogens is 294 g/mol. The Morgan fingerprint density at radius 1 is 1.26 bits per heavy atom. The van der Waals surface area contributed by atoms with Gasteiger partial charge in [-0.25, -0.2) is 9.79 Å². The maximum Gasteiger partial charge on any atom is 0.330 e. The highest BCUT2D eigenvalue weighted by atomic mass is 16.5. The molecule has 6 heteroatoms. The van der Waals surface area contributed by atoms with Gasteiger partial charge in [0.25, 0.3) is 5.91 Å². The average Bonchev–Trinajstić information content (AvgIpc) is 2.81. The van der Waals surface area contributed by atoms with Gasteiger partial charge in [-0.15, -0.1) is 0 Å². The number of rotatable bonds is 4. The summed E-state index contributed by atoms with van der Waals surface area (Å²) in [6, 6.07) is 7.79. The number of hydrogen-bond donors (Lipinski definition) is 0. The summed E-state index contributed by atoms with van der Waals surface area (Å²) >= 11 is 0. The molecule has 1 heterocycles. The van der Waals surface area contributed by atoms with Crippen molar-refractivity contribution in [2.45, 2.75) is 0 Å². The molecule has 2 rings (SSSR count). The van der Waals surface area contributed by atoms with E-state index in [-0.39, 0.29) is 5.91 Å². The van der Waals surface area contributed by atoms with E-state index in [1.165, 1.54) is 24.2 Å². The highest BCUT2D eigenvalue weighted by Crippen LogP contribution is 2.19. The summed E-state index contributed by atoms with van der Waals surface area (Å²) in [5, 5.41) is 0. The Balaban J connectivity index is 2.24. The number of anilines is 1. The predicted octanol–water partition coefficient (Wildman–Crippen LogP) is 1.69. The Labute approximate surface area is 135 Å². The summed E-state index contributed by atoms with van der Waals surface area (Å²) in [7, 11) is 6.83. The second-order valence-electron chi connectivity index (χ2n) is 5.21. The van der Waals surface area contributed by atoms with E-state index in [0.717, 1.165) is 11.3 Å². The molecule has 0 atom stereocenters. The van der Waals surface area contributed by atoms with Crippen molar-refractivity contribution < 1.29 is 14.3 Å². The van der Waals surface area contributed by atoms with Crippen LogP contribution in [0.25, 0.3) is 6.08 Å². The van der Waals surface area contributed by atoms with E-state index in [2.05, 4.69) is 9.73 Å². The van der Waals surface area contributed by atoms with Crippen molar-refractivity contribution in [2.24, 2.45) is 4.99 Å². The van der Waals surface area contributed by atoms with Crippen LogP contribution < -0.4 is 4.90 Å². The molecule has 0 spiro atoms. The first-order valence-electron chi connectivity index (χ1n) is 7.04. The second-order valence-corrected chi connectivity index (χ2v) is 5.21. The molecule has 0 saturated heterocycles. The lowest BCUT2D eigenvalue weighted by atomic mass is 10.1. The number of benzene rings is 1. The van der Waals surface area contributed by atoms with Gasteiger partial charge in [0.15, 0.2) is 0 Å². The van der Waals surface area contributed by atoms with Gasteiger partial charge in [-0.05, 0) is 29.8 Å². The minimum Gasteiger partial charge on any atom is -0.466 e. The average molecular weight is 313 g/mol. The van der Waals surface area contributed by atoms with Gasteiger partial charge in [-0.2, -0.15) is 0 Å². The summed E-state index contributed by atoms with van der Waals surface area (Å²) < 4.78 is 4.52. The first-order valence-corrected chi connectivity index (χ1v) is 7.04. The predicted molar refractivity (Wildman–Crippen MR) is 90.1 cm³/mol. The first kappa shape index (κ1) is 16.5. The molecule has 1 aromatic carbocycles. The number of hydrogen-bond acceptors (Lipinski definition) is 5. The fourth-order valence-corrected chi connectivity index (χ4v) is 2.00. The van der Waals surface area contributed by atoms with Crippen molar-refractivity contribution in [3.63, 3.8) is 0 Å². The summed E-state index contributed by atoms with van der Waals surface area (Å²) in [4.78, 5) is 31.0. The third kappa shape index (κ3) is 3.85. The molecule has 120 valence electrons. The maximum absolute atomic E-state index is 12.2. The van der Waals surface area contributed by atoms with Gasteiger partial charge in [0.05, 0.1) is 7.11 Å². The second kappa shape index (κ2) is 6.91. The summed E-state index contributed by atoms with van der Waals surface area (Å²) in [6.45, 7) is 0. The van der Waals surface area contributed by atoms with Crippen LogP contribution in [0.2, 0.25) is 0 Å². The van der Waals surface area contributed by atoms with E-state index in [4.69, 9.17) is 0 Å². The summed E-state index contributed by atoms with van der Waals surface area (Å²) in [5.74, 6) is -0.312. The van der Waals surface area contributed by atoms with Gasteiger partial charge in [0.2, 0.25) is 0 Å². The Kier molecular flexibility index (Phi) is 4.95. The molecule has 1 amide bonds. The number of nitrogens with zero attached hydrogens (tertiary/aromatic N) is 3. The molecule has 0 aliphatic carbocycles. The van der Waals surface area contributed by atoms with E-state index in [9.17, 15) is 9.59 Å². The summed E-state index contributed by atoms with van der Waals surface area (Å²) in [6.07, 6.45) is 4.41. The fraction of sp³-hybridized carbons (Fsp3) is 0.235. The smallest absolute Gasteiger partial charge is 0.330 e. The zero-order valence-electron chi connectivity index (χ0n) is 13.6. The third-order valence-electron chi connectivity index (χ3n) is 3.38. The van der Waals surface area contributed by atoms with Gasteiger partial charge in [0, 0.05) is 32.9 Å². The van der Waals surface area contributed by atoms with E-state index in [1.54, 1.807) is 13.1 Å². The Hall–Kier alpha value is -2.89. The number of carbonyl (C=O) groups excluding carboxylic acids is 2. The third-order valence-corrected chi connectivity index (χ3v) is 3.38. The van der Waals surface area contributed by atoms with E-state index < -0.39 is 5.97 Å². The van der Waals surface area contributed by atoms with Crippen molar-refractivity contribution in [3.8, 4) is 0 Å². The Morgan fingerprint density at radius 2 is 1.91 bits per heavy atom. The molecule has 0 bridgehead atoms. The van der Waals surface area contributed by atoms with E-state index >= 15 is 0 Å². The van der Waals surface area contributed by atoms with Gasteiger partial charge >= 0.3 is 5.97 Å². The molecule has 1 aliphatic rings. The number of amidine groups is 1. The van der Waals surface area contributed by atoms with Crippen LogP contribution in [0.15, 0.2) is 47.1 Å². The monoisotopic (exact) mass is 313 g/mol. The van der Waals surface area contributed by atoms with Crippen molar-refractivity contribution in [1.82, 2.24) is 4.90 Å². The molecule has 0 N–H and O–H groups in total. The van der Waals surface area contributed by atoms with Gasteiger partial charge < -0.3 is 9.64 Å². The number of amides is 1. The normalized spacial score (nSPS) is 16.2. The highest BCUT2D eigenvalue weighted by Gasteiger charge is 2.25. The van der Waals surface area contributed by atoms with Crippen molar-refractivity contribution in [2.75, 3.05) is 33.2 Å². The van der Waals surface area contributed by atoms with Crippen LogP contribution in [0.1, 0.15) is 5.56 Å². The molecule has 0 saturated carbocycles. The van der Waals surface area contributed by atoms with Gasteiger partial charge in [-0.3, -0.25) is 9.69 Å². The van der Waals surface area contributed by atoms with E-state index in [1.807, 2.05) is 43.3 Å². The van der Waals surface area contributed by atoms with Crippen LogP contribution in [-0.4, -0.2) is 50.9 Å². The van der Waals surface area contributed by atoms with Crippen LogP contribution in [0.3, 0.4) is 0 Å². The van der Waals surface area contributed by atoms with Gasteiger partial charge in [-0.1, -0.05) is 12.1 Å². The summed E-state index contributed by atoms with van der Waals surface area (Å²) in [5.41, 5.74) is 2.29. The lowest BCUT2D eigenvalue weighted by Gasteiger charge is -2.11. The molecule has 0 aromatic heterocycles. The van der Waals surface area contributed by atoms with Crippen LogP contribution in [-0.2, 0) is 14.3 Å². The van der Waals surface area contributed by atoms with Crippen LogP contribution in [0.5, 0.6) is 0 Å². The molecule has 6 nitrogen and oxygen atoms in total. The Bertz CT molecular complexity index is 700. The largest absolute Gasteiger partial charge is 0.466 e. The number of ether oxygens (including phenoxy) is 1. The molecule has 0 radical (unpaired) electrons. The zero-order chi connectivity index (χ0) is 17.0. The highest BCUT2D eigenvalue weighted by molar-refractivity contribution is 6.18. The molecular formula is C17H19N3O3. The van der Waals surface area contributed by atoms with Crippen LogP contribution >= 0.6 is 0 Å². The van der Waals surface area contributed by atoms with E-state index in [0.29, 0.717) is 11.5 Å². The molecule has 1 aliphatic heterocycles. The van der Waals surface area contributed by atoms with Crippen LogP contribution in [0, 0.1) is 0 Å². The Morgan fingerprint density at radius 3 is 2.48 bits per heavy atom. The van der Waals surface area contributed by atoms with Crippen molar-refractivity contribution in [3.05, 3.63) is 47.7 Å². The van der Waals surface area contributed by atoms with Crippen molar-refractivity contribution in [1.29, 1.82) is 0 Å². The molecule has 0 unspecified atom stereocenters. The number of esters is 1. The molecule has 23 heavy (non-hydrogen) atoms. The molecule has 0 fully saturated rings. The van der Waals surface area contributed by atoms with Gasteiger partial charge in [0.1, 0.15) is 11.5 Å². The zero-order valence-corrected chi connectivity index (χ0v) is 13.6. The first-order chi connectivity index (χ1) is 10.9. The number of aliphatic imine (C=N–C) groups is 1. The lowest BCUT2D eigenvalue weighted by molar-refractivity contribution is -0.134. The fourth-order valence-electron chi connectivity index (χ4n) is 2.00. The van der Waals surface area contributed by atoms with Crippen LogP contribution in [0.4, 0.5) is 5.69 Å². The number of likely N-dealkylation sites (N-methyl/N-ethyl adjacent to an activating group) is 1. The minimum atomic E-state index is -0.495. The number of carbonyl (C=O) groups is 2. The topological polar surface area (TPSA) is 62.2 Å². The number of methoxy groups -OCH3 is 1. The lowest BCUT2D eigenvalue weighted by Crippen LogP contribution is -2.26. The SMILES string of the molecule is COC(=O)/C=C/C1=NC(=C\c2ccc(N(C)C)cc2)/C(=O)N1C. The molecule has 1 aromatic rings. The minimum absolute atomic E-state index is 0.216. The van der Waals surface area contributed by atoms with Crippen molar-refractivity contribution >= 4 is 29.5 Å². The standard InChI is InChI=1S/C17H19N3O3/c1-19(2)13-7-5-12(6-8-13)11-14-17(22)20(3)15(18-14)9-10-16(21)23-4/h5-11H,1-4H3/b10-9+,14-11-. The quantitative estimate of drug-likeness (QED) is 0.627. The maximum atomic E-state index is 12.2.